The number of hydrogen-bond acceptors (Lipinski definition) is 5. The smallest absolute Gasteiger partial charge is 0.217 e. The number of rotatable bonds is 8. The summed E-state index contributed by atoms with van der Waals surface area (Å²) in [7, 11) is 1.97. The van der Waals surface area contributed by atoms with E-state index in [0.717, 1.165) is 34.6 Å². The van der Waals surface area contributed by atoms with Gasteiger partial charge in [-0.15, -0.1) is 11.3 Å². The molecule has 1 atom stereocenters. The summed E-state index contributed by atoms with van der Waals surface area (Å²) >= 11 is 7.90. The maximum absolute atomic E-state index is 12.6. The highest BCUT2D eigenvalue weighted by Crippen LogP contribution is 2.35. The molecule has 38 heavy (non-hydrogen) atoms. The van der Waals surface area contributed by atoms with E-state index in [-0.39, 0.29) is 0 Å². The Balaban J connectivity index is 1.40. The van der Waals surface area contributed by atoms with E-state index in [9.17, 15) is 4.79 Å². The Morgan fingerprint density at radius 1 is 1.03 bits per heavy atom. The van der Waals surface area contributed by atoms with Gasteiger partial charge in [-0.1, -0.05) is 48.0 Å². The Bertz CT molecular complexity index is 1690. The van der Waals surface area contributed by atoms with Crippen molar-refractivity contribution in [3.63, 3.8) is 0 Å². The average Bonchev–Trinajstić information content (AvgIpc) is 3.69. The molecule has 0 N–H and O–H groups in total. The number of carbonyl (C=O) groups excluding carboxylic acids is 1. The number of carbonyl (C=O) groups is 1. The predicted octanol–water partition coefficient (Wildman–Crippen LogP) is 7.56. The SMILES string of the molecule is Cn1c(-c2ccc(-c3cccs3)cc2)cnc1[C@H](Cc1ccccn1)N(C=O)c1cc2cc(Cl)ccc2o1. The maximum atomic E-state index is 12.6. The van der Waals surface area contributed by atoms with E-state index in [1.807, 2.05) is 48.1 Å². The van der Waals surface area contributed by atoms with Gasteiger partial charge in [0.25, 0.3) is 0 Å². The molecule has 6 nitrogen and oxygen atoms in total. The van der Waals surface area contributed by atoms with E-state index in [1.165, 1.54) is 10.4 Å². The number of anilines is 1. The molecule has 1 amide bonds. The second kappa shape index (κ2) is 10.3. The molecule has 0 spiro atoms. The Hall–Kier alpha value is -4.20. The lowest BCUT2D eigenvalue weighted by Gasteiger charge is -2.26. The van der Waals surface area contributed by atoms with Crippen molar-refractivity contribution in [3.8, 4) is 21.7 Å². The number of benzene rings is 2. The molecule has 2 aromatic carbocycles. The molecule has 6 rings (SSSR count). The monoisotopic (exact) mass is 538 g/mol. The minimum Gasteiger partial charge on any atom is -0.440 e. The number of pyridine rings is 1. The first-order valence-corrected chi connectivity index (χ1v) is 13.3. The van der Waals surface area contributed by atoms with E-state index in [4.69, 9.17) is 21.0 Å². The van der Waals surface area contributed by atoms with Crippen LogP contribution in [-0.2, 0) is 18.3 Å². The van der Waals surface area contributed by atoms with Crippen LogP contribution >= 0.6 is 22.9 Å². The molecule has 0 fully saturated rings. The van der Waals surface area contributed by atoms with Gasteiger partial charge in [-0.05, 0) is 52.9 Å². The summed E-state index contributed by atoms with van der Waals surface area (Å²) in [5.74, 6) is 1.14. The third kappa shape index (κ3) is 4.62. The van der Waals surface area contributed by atoms with Crippen LogP contribution < -0.4 is 4.90 Å². The van der Waals surface area contributed by atoms with Crippen molar-refractivity contribution in [3.05, 3.63) is 113 Å². The summed E-state index contributed by atoms with van der Waals surface area (Å²) in [6, 6.07) is 25.1. The van der Waals surface area contributed by atoms with Crippen molar-refractivity contribution in [2.45, 2.75) is 12.5 Å². The number of thiophene rings is 1. The number of furan rings is 1. The number of aromatic nitrogens is 3. The molecule has 0 saturated heterocycles. The fraction of sp³-hybridized carbons (Fsp3) is 0.100. The summed E-state index contributed by atoms with van der Waals surface area (Å²) in [6.07, 6.45) is 4.85. The second-order valence-corrected chi connectivity index (χ2v) is 10.3. The minimum absolute atomic E-state index is 0.419. The fourth-order valence-electron chi connectivity index (χ4n) is 4.69. The molecule has 0 radical (unpaired) electrons. The molecular formula is C30H23ClN4O2S. The number of fused-ring (bicyclic) bond motifs is 1. The molecule has 4 heterocycles. The quantitative estimate of drug-likeness (QED) is 0.188. The van der Waals surface area contributed by atoms with E-state index in [0.29, 0.717) is 22.9 Å². The van der Waals surface area contributed by atoms with Crippen molar-refractivity contribution in [1.29, 1.82) is 0 Å². The predicted molar refractivity (Wildman–Crippen MR) is 152 cm³/mol. The summed E-state index contributed by atoms with van der Waals surface area (Å²) in [5.41, 5.74) is 4.66. The van der Waals surface area contributed by atoms with Gasteiger partial charge in [0.2, 0.25) is 12.3 Å². The number of amides is 1. The van der Waals surface area contributed by atoms with Crippen molar-refractivity contribution < 1.29 is 9.21 Å². The molecule has 0 aliphatic rings. The van der Waals surface area contributed by atoms with Gasteiger partial charge in [0.1, 0.15) is 17.4 Å². The van der Waals surface area contributed by atoms with Crippen LogP contribution in [0.4, 0.5) is 5.88 Å². The third-order valence-corrected chi connectivity index (χ3v) is 7.76. The van der Waals surface area contributed by atoms with E-state index in [1.54, 1.807) is 34.6 Å². The maximum Gasteiger partial charge on any atom is 0.217 e. The molecule has 0 unspecified atom stereocenters. The summed E-state index contributed by atoms with van der Waals surface area (Å²) in [5, 5.41) is 3.50. The third-order valence-electron chi connectivity index (χ3n) is 6.61. The fourth-order valence-corrected chi connectivity index (χ4v) is 5.60. The Morgan fingerprint density at radius 2 is 1.87 bits per heavy atom. The Labute approximate surface area is 228 Å². The van der Waals surface area contributed by atoms with Crippen LogP contribution in [0.25, 0.3) is 32.7 Å². The zero-order chi connectivity index (χ0) is 26.1. The van der Waals surface area contributed by atoms with Crippen LogP contribution in [-0.4, -0.2) is 20.9 Å². The summed E-state index contributed by atoms with van der Waals surface area (Å²) in [4.78, 5) is 24.7. The van der Waals surface area contributed by atoms with E-state index in [2.05, 4.69) is 46.8 Å². The van der Waals surface area contributed by atoms with Crippen LogP contribution in [0, 0.1) is 0 Å². The van der Waals surface area contributed by atoms with Crippen molar-refractivity contribution >= 4 is 46.2 Å². The molecule has 8 heteroatoms. The molecule has 0 bridgehead atoms. The number of hydrogen-bond donors (Lipinski definition) is 0. The van der Waals surface area contributed by atoms with Crippen molar-refractivity contribution in [2.75, 3.05) is 4.90 Å². The highest BCUT2D eigenvalue weighted by molar-refractivity contribution is 7.13. The van der Waals surface area contributed by atoms with Crippen LogP contribution in [0.15, 0.2) is 101 Å². The highest BCUT2D eigenvalue weighted by Gasteiger charge is 2.29. The number of imidazole rings is 1. The minimum atomic E-state index is -0.456. The van der Waals surface area contributed by atoms with Crippen molar-refractivity contribution in [1.82, 2.24) is 14.5 Å². The van der Waals surface area contributed by atoms with Crippen LogP contribution in [0.3, 0.4) is 0 Å². The first-order chi connectivity index (χ1) is 18.6. The summed E-state index contributed by atoms with van der Waals surface area (Å²) < 4.78 is 8.11. The molecule has 188 valence electrons. The van der Waals surface area contributed by atoms with Crippen molar-refractivity contribution in [2.24, 2.45) is 7.05 Å². The Morgan fingerprint density at radius 3 is 2.61 bits per heavy atom. The van der Waals surface area contributed by atoms with Gasteiger partial charge in [0.05, 0.1) is 11.9 Å². The van der Waals surface area contributed by atoms with Gasteiger partial charge >= 0.3 is 0 Å². The molecule has 0 saturated carbocycles. The second-order valence-electron chi connectivity index (χ2n) is 8.94. The largest absolute Gasteiger partial charge is 0.440 e. The molecule has 0 aliphatic heterocycles. The zero-order valence-electron chi connectivity index (χ0n) is 20.5. The van der Waals surface area contributed by atoms with Crippen LogP contribution in [0.2, 0.25) is 5.02 Å². The van der Waals surface area contributed by atoms with Crippen LogP contribution in [0.5, 0.6) is 0 Å². The highest BCUT2D eigenvalue weighted by atomic mass is 35.5. The van der Waals surface area contributed by atoms with E-state index >= 15 is 0 Å². The first kappa shape index (κ1) is 24.2. The topological polar surface area (TPSA) is 64.2 Å². The standard InChI is InChI=1S/C30H23ClN4O2S/c1-34-26(20-7-9-21(10-8-20)28-6-4-14-38-28)18-33-30(34)25(17-24-5-2-3-13-32-24)35(19-36)29-16-22-15-23(31)11-12-27(22)37-29/h2-16,18-19,25H,17H2,1H3/t25-/m0/s1. The molecular weight excluding hydrogens is 516 g/mol. The van der Waals surface area contributed by atoms with Gasteiger partial charge in [0.15, 0.2) is 0 Å². The lowest BCUT2D eigenvalue weighted by Crippen LogP contribution is -2.31. The lowest BCUT2D eigenvalue weighted by molar-refractivity contribution is -0.108. The number of halogens is 1. The van der Waals surface area contributed by atoms with Gasteiger partial charge in [-0.25, -0.2) is 4.98 Å². The average molecular weight is 539 g/mol. The summed E-state index contributed by atoms with van der Waals surface area (Å²) in [6.45, 7) is 0. The van der Waals surface area contributed by atoms with Gasteiger partial charge in [-0.3, -0.25) is 14.7 Å². The number of nitrogens with zero attached hydrogens (tertiary/aromatic N) is 4. The first-order valence-electron chi connectivity index (χ1n) is 12.1. The zero-order valence-corrected chi connectivity index (χ0v) is 22.1. The molecule has 6 aromatic rings. The van der Waals surface area contributed by atoms with E-state index < -0.39 is 6.04 Å². The Kier molecular flexibility index (Phi) is 6.54. The molecule has 4 aromatic heterocycles. The normalized spacial score (nSPS) is 12.1. The van der Waals surface area contributed by atoms with Gasteiger partial charge in [-0.2, -0.15) is 0 Å². The van der Waals surface area contributed by atoms with Gasteiger partial charge < -0.3 is 8.98 Å². The molecule has 0 aliphatic carbocycles. The van der Waals surface area contributed by atoms with Gasteiger partial charge in [0, 0.05) is 46.7 Å². The van der Waals surface area contributed by atoms with Crippen LogP contribution in [0.1, 0.15) is 17.6 Å². The lowest BCUT2D eigenvalue weighted by atomic mass is 10.1.